The van der Waals surface area contributed by atoms with Gasteiger partial charge in [0, 0.05) is 24.2 Å². The van der Waals surface area contributed by atoms with Crippen LogP contribution in [-0.4, -0.2) is 36.7 Å². The molecule has 0 aromatic heterocycles. The van der Waals surface area contributed by atoms with Crippen molar-refractivity contribution in [3.8, 4) is 0 Å². The Morgan fingerprint density at radius 3 is 2.70 bits per heavy atom. The third-order valence-electron chi connectivity index (χ3n) is 4.33. The third kappa shape index (κ3) is 5.32. The Hall–Kier alpha value is -1.40. The molecule has 5 nitrogen and oxygen atoms in total. The first-order chi connectivity index (χ1) is 11.0. The fourth-order valence-electron chi connectivity index (χ4n) is 2.89. The van der Waals surface area contributed by atoms with E-state index >= 15 is 0 Å². The van der Waals surface area contributed by atoms with Crippen molar-refractivity contribution in [2.75, 3.05) is 19.8 Å². The summed E-state index contributed by atoms with van der Waals surface area (Å²) in [5.41, 5.74) is 1.98. The van der Waals surface area contributed by atoms with Crippen LogP contribution >= 0.6 is 15.9 Å². The molecule has 0 saturated carbocycles. The van der Waals surface area contributed by atoms with E-state index in [1.165, 1.54) is 0 Å². The van der Waals surface area contributed by atoms with Gasteiger partial charge in [-0.1, -0.05) is 22.0 Å². The van der Waals surface area contributed by atoms with Gasteiger partial charge < -0.3 is 15.2 Å². The van der Waals surface area contributed by atoms with Gasteiger partial charge in [0.1, 0.15) is 0 Å². The van der Waals surface area contributed by atoms with Crippen molar-refractivity contribution in [3.63, 3.8) is 0 Å². The molecular weight excluding hydrogens is 362 g/mol. The Labute approximate surface area is 144 Å². The molecule has 0 radical (unpaired) electrons. The fraction of sp³-hybridized carbons (Fsp3) is 0.529. The second-order valence-corrected chi connectivity index (χ2v) is 6.86. The predicted molar refractivity (Wildman–Crippen MR) is 90.3 cm³/mol. The van der Waals surface area contributed by atoms with E-state index in [-0.39, 0.29) is 24.8 Å². The average Bonchev–Trinajstić information content (AvgIpc) is 2.51. The Kier molecular flexibility index (Phi) is 6.59. The molecule has 1 aromatic rings. The van der Waals surface area contributed by atoms with Crippen LogP contribution in [0.15, 0.2) is 22.7 Å². The highest BCUT2D eigenvalue weighted by molar-refractivity contribution is 9.10. The zero-order valence-corrected chi connectivity index (χ0v) is 14.8. The van der Waals surface area contributed by atoms with E-state index < -0.39 is 11.9 Å². The van der Waals surface area contributed by atoms with Crippen LogP contribution in [0, 0.1) is 18.8 Å². The summed E-state index contributed by atoms with van der Waals surface area (Å²) in [7, 11) is 0. The van der Waals surface area contributed by atoms with E-state index in [0.29, 0.717) is 13.2 Å². The number of halogens is 1. The third-order valence-corrected chi connectivity index (χ3v) is 4.82. The first kappa shape index (κ1) is 17.9. The Morgan fingerprint density at radius 1 is 1.39 bits per heavy atom. The largest absolute Gasteiger partial charge is 0.481 e. The number of hydrogen-bond acceptors (Lipinski definition) is 3. The molecule has 2 N–H and O–H groups in total. The van der Waals surface area contributed by atoms with Crippen LogP contribution in [0.2, 0.25) is 0 Å². The molecule has 0 spiro atoms. The van der Waals surface area contributed by atoms with E-state index in [0.717, 1.165) is 28.4 Å². The zero-order chi connectivity index (χ0) is 16.8. The molecule has 2 rings (SSSR count). The Balaban J connectivity index is 1.89. The number of carboxylic acid groups (broad SMARTS) is 1. The maximum atomic E-state index is 12.1. The number of ether oxygens (including phenoxy) is 1. The molecule has 1 atom stereocenters. The van der Waals surface area contributed by atoms with Gasteiger partial charge in [0.15, 0.2) is 0 Å². The first-order valence-corrected chi connectivity index (χ1v) is 8.59. The minimum atomic E-state index is -0.850. The molecule has 126 valence electrons. The lowest BCUT2D eigenvalue weighted by Gasteiger charge is -2.27. The summed E-state index contributed by atoms with van der Waals surface area (Å²) in [6.07, 6.45) is 1.73. The normalized spacial score (nSPS) is 16.8. The highest BCUT2D eigenvalue weighted by atomic mass is 79.9. The number of amides is 1. The smallest absolute Gasteiger partial charge is 0.308 e. The van der Waals surface area contributed by atoms with Gasteiger partial charge in [0.25, 0.3) is 0 Å². The van der Waals surface area contributed by atoms with E-state index in [9.17, 15) is 14.7 Å². The molecule has 6 heteroatoms. The number of carbonyl (C=O) groups is 2. The van der Waals surface area contributed by atoms with Crippen molar-refractivity contribution in [1.29, 1.82) is 0 Å². The van der Waals surface area contributed by atoms with Gasteiger partial charge in [-0.2, -0.15) is 0 Å². The van der Waals surface area contributed by atoms with Gasteiger partial charge in [0.2, 0.25) is 5.91 Å². The Morgan fingerprint density at radius 2 is 2.09 bits per heavy atom. The lowest BCUT2D eigenvalue weighted by atomic mass is 9.86. The molecule has 1 saturated heterocycles. The van der Waals surface area contributed by atoms with Crippen molar-refractivity contribution < 1.29 is 19.4 Å². The molecule has 0 aliphatic carbocycles. The van der Waals surface area contributed by atoms with Crippen LogP contribution in [0.4, 0.5) is 0 Å². The number of benzene rings is 1. The van der Waals surface area contributed by atoms with Crippen molar-refractivity contribution in [1.82, 2.24) is 5.32 Å². The van der Waals surface area contributed by atoms with Gasteiger partial charge in [-0.05, 0) is 48.9 Å². The van der Waals surface area contributed by atoms with Gasteiger partial charge in [-0.3, -0.25) is 9.59 Å². The predicted octanol–water partition coefficient (Wildman–Crippen LogP) is 2.54. The van der Waals surface area contributed by atoms with Crippen LogP contribution in [0.25, 0.3) is 0 Å². The maximum Gasteiger partial charge on any atom is 0.308 e. The summed E-state index contributed by atoms with van der Waals surface area (Å²) >= 11 is 3.40. The number of rotatable bonds is 6. The molecule has 0 bridgehead atoms. The summed E-state index contributed by atoms with van der Waals surface area (Å²) in [6.45, 7) is 3.32. The molecule has 1 unspecified atom stereocenters. The first-order valence-electron chi connectivity index (χ1n) is 7.79. The maximum absolute atomic E-state index is 12.1. The highest BCUT2D eigenvalue weighted by Crippen LogP contribution is 2.24. The van der Waals surface area contributed by atoms with Crippen LogP contribution < -0.4 is 5.32 Å². The topological polar surface area (TPSA) is 75.6 Å². The molecule has 1 amide bonds. The summed E-state index contributed by atoms with van der Waals surface area (Å²) < 4.78 is 6.25. The second kappa shape index (κ2) is 8.45. The van der Waals surface area contributed by atoms with Crippen LogP contribution in [0.3, 0.4) is 0 Å². The number of nitrogens with one attached hydrogen (secondary N) is 1. The summed E-state index contributed by atoms with van der Waals surface area (Å²) in [5.74, 6) is -1.48. The van der Waals surface area contributed by atoms with Crippen molar-refractivity contribution >= 4 is 27.8 Å². The number of aryl methyl sites for hydroxylation is 1. The Bertz CT molecular complexity index is 570. The van der Waals surface area contributed by atoms with Gasteiger partial charge in [-0.15, -0.1) is 0 Å². The number of carbonyl (C=O) groups excluding carboxylic acids is 1. The van der Waals surface area contributed by atoms with Crippen LogP contribution in [0.1, 0.15) is 24.0 Å². The van der Waals surface area contributed by atoms with E-state index in [2.05, 4.69) is 21.2 Å². The van der Waals surface area contributed by atoms with E-state index in [4.69, 9.17) is 4.74 Å². The molecule has 1 aromatic carbocycles. The fourth-order valence-corrected chi connectivity index (χ4v) is 3.37. The van der Waals surface area contributed by atoms with E-state index in [1.54, 1.807) is 0 Å². The van der Waals surface area contributed by atoms with Gasteiger partial charge in [0.05, 0.1) is 12.3 Å². The molecular formula is C17H22BrNO4. The number of carboxylic acids is 1. The van der Waals surface area contributed by atoms with Crippen LogP contribution in [-0.2, 0) is 20.7 Å². The lowest BCUT2D eigenvalue weighted by molar-refractivity contribution is -0.144. The van der Waals surface area contributed by atoms with Crippen molar-refractivity contribution in [2.24, 2.45) is 11.8 Å². The van der Waals surface area contributed by atoms with Crippen molar-refractivity contribution in [2.45, 2.75) is 26.2 Å². The molecule has 1 fully saturated rings. The molecule has 23 heavy (non-hydrogen) atoms. The minimum absolute atomic E-state index is 0.0657. The second-order valence-electron chi connectivity index (χ2n) is 5.95. The van der Waals surface area contributed by atoms with Crippen LogP contribution in [0.5, 0.6) is 0 Å². The van der Waals surface area contributed by atoms with Crippen molar-refractivity contribution in [3.05, 3.63) is 33.8 Å². The quantitative estimate of drug-likeness (QED) is 0.791. The molecule has 1 heterocycles. The van der Waals surface area contributed by atoms with Gasteiger partial charge >= 0.3 is 5.97 Å². The molecule has 1 aliphatic heterocycles. The number of hydrogen-bond donors (Lipinski definition) is 2. The highest BCUT2D eigenvalue weighted by Gasteiger charge is 2.29. The summed E-state index contributed by atoms with van der Waals surface area (Å²) in [4.78, 5) is 23.6. The van der Waals surface area contributed by atoms with Gasteiger partial charge in [-0.25, -0.2) is 0 Å². The van der Waals surface area contributed by atoms with E-state index in [1.807, 2.05) is 25.1 Å². The minimum Gasteiger partial charge on any atom is -0.481 e. The summed E-state index contributed by atoms with van der Waals surface area (Å²) in [5, 5.41) is 12.2. The monoisotopic (exact) mass is 383 g/mol. The standard InChI is InChI=1S/C17H22BrNO4/c1-11-8-14(18)3-2-13(11)9-16(20)19-10-15(17(21)22)12-4-6-23-7-5-12/h2-3,8,12,15H,4-7,9-10H2,1H3,(H,19,20)(H,21,22). The summed E-state index contributed by atoms with van der Waals surface area (Å²) in [6, 6.07) is 5.77. The lowest BCUT2D eigenvalue weighted by Crippen LogP contribution is -2.39. The number of aliphatic carboxylic acids is 1. The zero-order valence-electron chi connectivity index (χ0n) is 13.2. The average molecular weight is 384 g/mol. The SMILES string of the molecule is Cc1cc(Br)ccc1CC(=O)NCC(C(=O)O)C1CCOCC1. The molecule has 1 aliphatic rings.